The molecule has 152 valence electrons. The molecule has 2 aromatic heterocycles. The van der Waals surface area contributed by atoms with Gasteiger partial charge in [0.05, 0.1) is 10.4 Å². The Morgan fingerprint density at radius 2 is 1.83 bits per heavy atom. The average Bonchev–Trinajstić information content (AvgIpc) is 3.35. The van der Waals surface area contributed by atoms with Gasteiger partial charge < -0.3 is 9.32 Å². The molecule has 0 amide bonds. The number of benzene rings is 1. The fourth-order valence-corrected chi connectivity index (χ4v) is 5.98. The van der Waals surface area contributed by atoms with Gasteiger partial charge in [-0.05, 0) is 43.9 Å². The molecule has 0 saturated carbocycles. The number of nitrogens with zero attached hydrogens (tertiary/aromatic N) is 4. The minimum Gasteiger partial charge on any atom is -0.408 e. The van der Waals surface area contributed by atoms with E-state index in [1.807, 2.05) is 13.8 Å². The molecule has 2 saturated heterocycles. The highest BCUT2D eigenvalue weighted by atomic mass is 32.2. The number of anilines is 1. The average molecular weight is 415 g/mol. The molecule has 2 aliphatic heterocycles. The Labute approximate surface area is 167 Å². The number of aryl methyl sites for hydroxylation is 1. The fourth-order valence-electron chi connectivity index (χ4n) is 4.40. The summed E-state index contributed by atoms with van der Waals surface area (Å²) in [5.41, 5.74) is 2.76. The minimum absolute atomic E-state index is 0.168. The van der Waals surface area contributed by atoms with Gasteiger partial charge in [0.1, 0.15) is 12.1 Å². The van der Waals surface area contributed by atoms with Gasteiger partial charge >= 0.3 is 5.76 Å². The first-order chi connectivity index (χ1) is 13.8. The number of sulfonamides is 1. The van der Waals surface area contributed by atoms with E-state index in [4.69, 9.17) is 4.42 Å². The van der Waals surface area contributed by atoms with Crippen molar-refractivity contribution in [3.63, 3.8) is 0 Å². The number of rotatable bonds is 3. The number of fused-ring (bicyclic) bond motifs is 2. The normalized spacial score (nSPS) is 22.5. The van der Waals surface area contributed by atoms with E-state index in [1.54, 1.807) is 10.6 Å². The van der Waals surface area contributed by atoms with Crippen LogP contribution in [0.15, 0.2) is 38.6 Å². The third kappa shape index (κ3) is 2.94. The Bertz CT molecular complexity index is 1250. The van der Waals surface area contributed by atoms with Crippen LogP contribution in [0.2, 0.25) is 0 Å². The first-order valence-corrected chi connectivity index (χ1v) is 10.9. The van der Waals surface area contributed by atoms with Gasteiger partial charge in [-0.15, -0.1) is 0 Å². The molecule has 4 heterocycles. The van der Waals surface area contributed by atoms with E-state index in [-0.39, 0.29) is 16.7 Å². The summed E-state index contributed by atoms with van der Waals surface area (Å²) < 4.78 is 32.8. The smallest absolute Gasteiger partial charge is 0.408 e. The zero-order valence-corrected chi connectivity index (χ0v) is 16.9. The molecule has 0 spiro atoms. The molecular formula is C19H21N5O4S. The van der Waals surface area contributed by atoms with Crippen molar-refractivity contribution in [2.75, 3.05) is 31.1 Å². The second kappa shape index (κ2) is 6.39. The standard InChI is InChI=1S/C19H21N5O4S/c1-11-12(2)20-10-21-18(11)23-6-13-8-24(9-14(13)7-23)29(26,27)15-3-4-17-16(5-15)22-19(25)28-17/h3-5,10,13-14H,6-9H2,1-2H3,(H,22,25). The van der Waals surface area contributed by atoms with Crippen LogP contribution >= 0.6 is 0 Å². The predicted octanol–water partition coefficient (Wildman–Crippen LogP) is 1.28. The van der Waals surface area contributed by atoms with E-state index in [1.165, 1.54) is 18.2 Å². The highest BCUT2D eigenvalue weighted by molar-refractivity contribution is 7.89. The molecule has 9 nitrogen and oxygen atoms in total. The Morgan fingerprint density at radius 3 is 2.55 bits per heavy atom. The molecule has 2 atom stereocenters. The highest BCUT2D eigenvalue weighted by Gasteiger charge is 2.45. The Kier molecular flexibility index (Phi) is 4.04. The van der Waals surface area contributed by atoms with Crippen LogP contribution in [0.5, 0.6) is 0 Å². The van der Waals surface area contributed by atoms with Crippen molar-refractivity contribution in [1.82, 2.24) is 19.3 Å². The second-order valence-electron chi connectivity index (χ2n) is 7.83. The van der Waals surface area contributed by atoms with E-state index < -0.39 is 15.8 Å². The Balaban J connectivity index is 1.36. The lowest BCUT2D eigenvalue weighted by molar-refractivity contribution is 0.453. The molecule has 29 heavy (non-hydrogen) atoms. The molecular weight excluding hydrogens is 394 g/mol. The Hall–Kier alpha value is -2.72. The number of H-pyrrole nitrogens is 1. The van der Waals surface area contributed by atoms with E-state index in [0.29, 0.717) is 24.2 Å². The fraction of sp³-hybridized carbons (Fsp3) is 0.421. The number of hydrogen-bond donors (Lipinski definition) is 1. The quantitative estimate of drug-likeness (QED) is 0.686. The van der Waals surface area contributed by atoms with Crippen LogP contribution in [0, 0.1) is 25.7 Å². The van der Waals surface area contributed by atoms with Crippen LogP contribution in [0.3, 0.4) is 0 Å². The van der Waals surface area contributed by atoms with Crippen molar-refractivity contribution >= 4 is 26.9 Å². The molecule has 5 rings (SSSR count). The maximum atomic E-state index is 13.1. The van der Waals surface area contributed by atoms with Crippen molar-refractivity contribution in [2.45, 2.75) is 18.7 Å². The molecule has 0 radical (unpaired) electrons. The van der Waals surface area contributed by atoms with Crippen LogP contribution in [0.1, 0.15) is 11.3 Å². The van der Waals surface area contributed by atoms with Crippen LogP contribution < -0.4 is 10.7 Å². The summed E-state index contributed by atoms with van der Waals surface area (Å²) in [6, 6.07) is 4.46. The van der Waals surface area contributed by atoms with Crippen LogP contribution in [0.4, 0.5) is 5.82 Å². The predicted molar refractivity (Wildman–Crippen MR) is 106 cm³/mol. The molecule has 0 bridgehead atoms. The third-order valence-electron chi connectivity index (χ3n) is 6.09. The highest BCUT2D eigenvalue weighted by Crippen LogP contribution is 2.37. The number of hydrogen-bond acceptors (Lipinski definition) is 7. The lowest BCUT2D eigenvalue weighted by atomic mass is 10.0. The number of aromatic amines is 1. The van der Waals surface area contributed by atoms with Crippen molar-refractivity contribution in [3.8, 4) is 0 Å². The van der Waals surface area contributed by atoms with Gasteiger partial charge in [-0.25, -0.2) is 23.2 Å². The van der Waals surface area contributed by atoms with E-state index >= 15 is 0 Å². The summed E-state index contributed by atoms with van der Waals surface area (Å²) in [5.74, 6) is 0.866. The summed E-state index contributed by atoms with van der Waals surface area (Å²) in [5, 5.41) is 0. The first kappa shape index (κ1) is 18.3. The zero-order chi connectivity index (χ0) is 20.3. The maximum Gasteiger partial charge on any atom is 0.417 e. The van der Waals surface area contributed by atoms with Gasteiger partial charge in [0.2, 0.25) is 10.0 Å². The molecule has 2 unspecified atom stereocenters. The van der Waals surface area contributed by atoms with Crippen molar-refractivity contribution in [1.29, 1.82) is 0 Å². The Morgan fingerprint density at radius 1 is 1.10 bits per heavy atom. The van der Waals surface area contributed by atoms with E-state index in [2.05, 4.69) is 19.9 Å². The monoisotopic (exact) mass is 415 g/mol. The number of nitrogens with one attached hydrogen (secondary N) is 1. The van der Waals surface area contributed by atoms with Crippen molar-refractivity contribution in [2.24, 2.45) is 11.8 Å². The van der Waals surface area contributed by atoms with Crippen molar-refractivity contribution in [3.05, 3.63) is 46.3 Å². The summed E-state index contributed by atoms with van der Waals surface area (Å²) in [6.45, 7) is 6.50. The van der Waals surface area contributed by atoms with Gasteiger partial charge in [0.25, 0.3) is 0 Å². The van der Waals surface area contributed by atoms with Crippen molar-refractivity contribution < 1.29 is 12.8 Å². The number of oxazole rings is 1. The van der Waals surface area contributed by atoms with Gasteiger partial charge in [0.15, 0.2) is 5.58 Å². The first-order valence-electron chi connectivity index (χ1n) is 9.49. The maximum absolute atomic E-state index is 13.1. The summed E-state index contributed by atoms with van der Waals surface area (Å²) >= 11 is 0. The molecule has 2 aliphatic rings. The van der Waals surface area contributed by atoms with E-state index in [0.717, 1.165) is 30.2 Å². The van der Waals surface area contributed by atoms with Gasteiger partial charge in [-0.2, -0.15) is 4.31 Å². The van der Waals surface area contributed by atoms with Gasteiger partial charge in [-0.1, -0.05) is 0 Å². The lowest BCUT2D eigenvalue weighted by Gasteiger charge is -2.23. The molecule has 1 aromatic carbocycles. The number of aromatic nitrogens is 3. The second-order valence-corrected chi connectivity index (χ2v) is 9.77. The lowest BCUT2D eigenvalue weighted by Crippen LogP contribution is -2.33. The van der Waals surface area contributed by atoms with Gasteiger partial charge in [-0.3, -0.25) is 4.98 Å². The molecule has 2 fully saturated rings. The summed E-state index contributed by atoms with van der Waals surface area (Å²) in [4.78, 5) is 24.9. The van der Waals surface area contributed by atoms with Gasteiger partial charge in [0, 0.05) is 37.4 Å². The van der Waals surface area contributed by atoms with E-state index in [9.17, 15) is 13.2 Å². The molecule has 1 N–H and O–H groups in total. The zero-order valence-electron chi connectivity index (χ0n) is 16.1. The SMILES string of the molecule is Cc1ncnc(N2CC3CN(S(=O)(=O)c4ccc5oc(=O)[nH]c5c4)CC3C2)c1C. The summed E-state index contributed by atoms with van der Waals surface area (Å²) in [7, 11) is -3.63. The molecule has 3 aromatic rings. The minimum atomic E-state index is -3.63. The third-order valence-corrected chi connectivity index (χ3v) is 7.92. The van der Waals surface area contributed by atoms with Crippen LogP contribution in [-0.4, -0.2) is 53.9 Å². The largest absolute Gasteiger partial charge is 0.417 e. The van der Waals surface area contributed by atoms with Crippen LogP contribution in [-0.2, 0) is 10.0 Å². The van der Waals surface area contributed by atoms with Crippen LogP contribution in [0.25, 0.3) is 11.1 Å². The summed E-state index contributed by atoms with van der Waals surface area (Å²) in [6.07, 6.45) is 1.58. The molecule has 10 heteroatoms. The topological polar surface area (TPSA) is 112 Å². The molecule has 0 aliphatic carbocycles.